The van der Waals surface area contributed by atoms with Gasteiger partial charge in [0.05, 0.1) is 0 Å². The summed E-state index contributed by atoms with van der Waals surface area (Å²) in [5.41, 5.74) is 0. The lowest BCUT2D eigenvalue weighted by Gasteiger charge is -2.03. The first-order valence-electron chi connectivity index (χ1n) is 10.2. The van der Waals surface area contributed by atoms with E-state index in [0.29, 0.717) is 0 Å². The molecule has 0 aromatic rings. The fourth-order valence-electron chi connectivity index (χ4n) is 2.99. The Balaban J connectivity index is 2.93. The minimum atomic E-state index is 0.762. The molecule has 138 valence electrons. The molecule has 0 rings (SSSR count). The third kappa shape index (κ3) is 21.8. The van der Waals surface area contributed by atoms with E-state index in [1.807, 2.05) is 0 Å². The van der Waals surface area contributed by atoms with E-state index in [-0.39, 0.29) is 0 Å². The van der Waals surface area contributed by atoms with Gasteiger partial charge in [0, 0.05) is 5.75 Å². The first-order chi connectivity index (χ1) is 11.4. The minimum absolute atomic E-state index is 0.762. The van der Waals surface area contributed by atoms with Gasteiger partial charge in [-0.1, -0.05) is 122 Å². The number of carbonyl (C=O) groups is 1. The van der Waals surface area contributed by atoms with Gasteiger partial charge in [-0.2, -0.15) is 0 Å². The molecular weight excluding hydrogens is 302 g/mol. The van der Waals surface area contributed by atoms with Crippen LogP contribution in [0.3, 0.4) is 0 Å². The zero-order valence-corrected chi connectivity index (χ0v) is 16.4. The Bertz CT molecular complexity index is 224. The molecule has 0 atom stereocenters. The summed E-state index contributed by atoms with van der Waals surface area (Å²) in [7, 11) is 0. The van der Waals surface area contributed by atoms with Gasteiger partial charge in [-0.25, -0.2) is 0 Å². The van der Waals surface area contributed by atoms with Gasteiger partial charge in [0.25, 0.3) is 0 Å². The van der Waals surface area contributed by atoms with Gasteiger partial charge in [0.1, 0.15) is 0 Å². The SMILES string of the molecule is CCCCCCCCCCCCCCCCCCCSNC=O. The third-order valence-corrected chi connectivity index (χ3v) is 5.24. The van der Waals surface area contributed by atoms with E-state index in [1.54, 1.807) is 0 Å². The first kappa shape index (κ1) is 22.8. The number of amides is 1. The number of unbranched alkanes of at least 4 members (excludes halogenated alkanes) is 16. The second-order valence-corrected chi connectivity index (χ2v) is 7.67. The zero-order chi connectivity index (χ0) is 16.8. The predicted octanol–water partition coefficient (Wildman–Crippen LogP) is 7.03. The summed E-state index contributed by atoms with van der Waals surface area (Å²) in [4.78, 5) is 10.1. The van der Waals surface area contributed by atoms with E-state index in [1.165, 1.54) is 121 Å². The van der Waals surface area contributed by atoms with E-state index in [4.69, 9.17) is 0 Å². The summed E-state index contributed by atoms with van der Waals surface area (Å²) < 4.78 is 2.64. The summed E-state index contributed by atoms with van der Waals surface area (Å²) in [5, 5.41) is 0. The Morgan fingerprint density at radius 1 is 0.609 bits per heavy atom. The molecule has 0 spiro atoms. The Hall–Kier alpha value is -0.180. The van der Waals surface area contributed by atoms with Crippen molar-refractivity contribution in [1.82, 2.24) is 4.72 Å². The highest BCUT2D eigenvalue weighted by molar-refractivity contribution is 7.97. The summed E-state index contributed by atoms with van der Waals surface area (Å²) in [5.74, 6) is 1.05. The normalized spacial score (nSPS) is 10.8. The molecule has 0 heterocycles. The molecule has 0 bridgehead atoms. The summed E-state index contributed by atoms with van der Waals surface area (Å²) >= 11 is 1.52. The first-order valence-corrected chi connectivity index (χ1v) is 11.2. The van der Waals surface area contributed by atoms with E-state index in [0.717, 1.165) is 12.2 Å². The highest BCUT2D eigenvalue weighted by Gasteiger charge is 1.95. The van der Waals surface area contributed by atoms with Crippen LogP contribution in [0.1, 0.15) is 116 Å². The van der Waals surface area contributed by atoms with Gasteiger partial charge in [-0.05, 0) is 6.42 Å². The molecule has 2 nitrogen and oxygen atoms in total. The van der Waals surface area contributed by atoms with E-state index in [9.17, 15) is 4.79 Å². The Labute approximate surface area is 150 Å². The Kier molecular flexibility index (Phi) is 21.6. The van der Waals surface area contributed by atoms with Gasteiger partial charge in [-0.15, -0.1) is 0 Å². The zero-order valence-electron chi connectivity index (χ0n) is 15.6. The van der Waals surface area contributed by atoms with Crippen molar-refractivity contribution in [2.75, 3.05) is 5.75 Å². The highest BCUT2D eigenvalue weighted by atomic mass is 32.2. The maximum atomic E-state index is 10.1. The van der Waals surface area contributed by atoms with Crippen molar-refractivity contribution in [2.24, 2.45) is 0 Å². The van der Waals surface area contributed by atoms with Crippen LogP contribution < -0.4 is 4.72 Å². The number of nitrogens with one attached hydrogen (secondary N) is 1. The molecular formula is C20H41NOS. The molecule has 0 unspecified atom stereocenters. The highest BCUT2D eigenvalue weighted by Crippen LogP contribution is 2.14. The molecule has 0 aromatic carbocycles. The van der Waals surface area contributed by atoms with E-state index in [2.05, 4.69) is 11.6 Å². The molecule has 1 amide bonds. The van der Waals surface area contributed by atoms with Crippen LogP contribution in [0.15, 0.2) is 0 Å². The Morgan fingerprint density at radius 2 is 0.957 bits per heavy atom. The van der Waals surface area contributed by atoms with Crippen molar-refractivity contribution in [2.45, 2.75) is 116 Å². The van der Waals surface area contributed by atoms with E-state index < -0.39 is 0 Å². The van der Waals surface area contributed by atoms with Crippen LogP contribution in [0.2, 0.25) is 0 Å². The van der Waals surface area contributed by atoms with Crippen LogP contribution in [0, 0.1) is 0 Å². The second-order valence-electron chi connectivity index (χ2n) is 6.74. The number of carbonyl (C=O) groups excluding carboxylic acids is 1. The van der Waals surface area contributed by atoms with Crippen LogP contribution in [0.5, 0.6) is 0 Å². The second kappa shape index (κ2) is 21.8. The van der Waals surface area contributed by atoms with Gasteiger partial charge in [0.2, 0.25) is 6.41 Å². The Morgan fingerprint density at radius 3 is 1.30 bits per heavy atom. The molecule has 0 fully saturated rings. The molecule has 1 N–H and O–H groups in total. The molecule has 0 aliphatic rings. The summed E-state index contributed by atoms with van der Waals surface area (Å²) in [6.45, 7) is 2.29. The smallest absolute Gasteiger partial charge is 0.216 e. The maximum absolute atomic E-state index is 10.1. The maximum Gasteiger partial charge on any atom is 0.216 e. The molecule has 23 heavy (non-hydrogen) atoms. The van der Waals surface area contributed by atoms with Crippen LogP contribution in [0.4, 0.5) is 0 Å². The van der Waals surface area contributed by atoms with Gasteiger partial charge < -0.3 is 4.72 Å². The molecule has 0 aromatic heterocycles. The summed E-state index contributed by atoms with van der Waals surface area (Å²) in [6.07, 6.45) is 24.8. The number of hydrogen-bond acceptors (Lipinski definition) is 2. The van der Waals surface area contributed by atoms with Crippen LogP contribution in [0.25, 0.3) is 0 Å². The lowest BCUT2D eigenvalue weighted by atomic mass is 10.0. The summed E-state index contributed by atoms with van der Waals surface area (Å²) in [6, 6.07) is 0. The third-order valence-electron chi connectivity index (χ3n) is 4.48. The minimum Gasteiger partial charge on any atom is -0.303 e. The van der Waals surface area contributed by atoms with Crippen molar-refractivity contribution in [3.8, 4) is 0 Å². The quantitative estimate of drug-likeness (QED) is 0.146. The monoisotopic (exact) mass is 343 g/mol. The van der Waals surface area contributed by atoms with Crippen molar-refractivity contribution in [3.63, 3.8) is 0 Å². The number of hydrogen-bond donors (Lipinski definition) is 1. The molecule has 0 aliphatic carbocycles. The standard InChI is InChI=1S/C20H41NOS/c1-2-3-4-5-6-7-8-9-10-11-12-13-14-15-16-17-18-19-23-21-20-22/h20H,2-19H2,1H3,(H,21,22). The van der Waals surface area contributed by atoms with Crippen LogP contribution >= 0.6 is 11.9 Å². The van der Waals surface area contributed by atoms with Crippen molar-refractivity contribution < 1.29 is 4.79 Å². The van der Waals surface area contributed by atoms with Gasteiger partial charge in [0.15, 0.2) is 0 Å². The van der Waals surface area contributed by atoms with Crippen LogP contribution in [-0.2, 0) is 4.79 Å². The largest absolute Gasteiger partial charge is 0.303 e. The van der Waals surface area contributed by atoms with Crippen molar-refractivity contribution in [1.29, 1.82) is 0 Å². The van der Waals surface area contributed by atoms with Gasteiger partial charge >= 0.3 is 0 Å². The average molecular weight is 344 g/mol. The molecule has 0 aliphatic heterocycles. The number of rotatable bonds is 20. The van der Waals surface area contributed by atoms with Gasteiger partial charge in [-0.3, -0.25) is 4.79 Å². The lowest BCUT2D eigenvalue weighted by Crippen LogP contribution is -1.99. The molecule has 0 saturated carbocycles. The van der Waals surface area contributed by atoms with Crippen molar-refractivity contribution in [3.05, 3.63) is 0 Å². The topological polar surface area (TPSA) is 29.1 Å². The fourth-order valence-corrected chi connectivity index (χ4v) is 3.53. The van der Waals surface area contributed by atoms with Crippen molar-refractivity contribution >= 4 is 18.4 Å². The predicted molar refractivity (Wildman–Crippen MR) is 106 cm³/mol. The lowest BCUT2D eigenvalue weighted by molar-refractivity contribution is -0.107. The fraction of sp³-hybridized carbons (Fsp3) is 0.950. The van der Waals surface area contributed by atoms with Crippen LogP contribution in [-0.4, -0.2) is 12.2 Å². The van der Waals surface area contributed by atoms with E-state index >= 15 is 0 Å². The average Bonchev–Trinajstić information content (AvgIpc) is 2.57. The molecule has 0 saturated heterocycles. The molecule has 0 radical (unpaired) electrons. The molecule has 3 heteroatoms.